The molecule has 1 amide bonds. The number of amides is 1. The Morgan fingerprint density at radius 2 is 2.00 bits per heavy atom. The maximum atomic E-state index is 13.7. The number of benzene rings is 2. The number of nitrogens with one attached hydrogen (secondary N) is 1. The molecule has 3 rings (SSSR count). The van der Waals surface area contributed by atoms with E-state index in [0.29, 0.717) is 11.4 Å². The summed E-state index contributed by atoms with van der Waals surface area (Å²) in [6.45, 7) is 0. The van der Waals surface area contributed by atoms with E-state index < -0.39 is 17.8 Å². The van der Waals surface area contributed by atoms with E-state index in [1.807, 2.05) is 0 Å². The monoisotopic (exact) mass is 377 g/mol. The number of rotatable bonds is 4. The van der Waals surface area contributed by atoms with E-state index in [4.69, 9.17) is 23.2 Å². The Bertz CT molecular complexity index is 926. The molecule has 1 N–H and O–H groups in total. The molecular weight excluding hydrogens is 364 g/mol. The molecular formula is C18H14Cl2FN3O. The van der Waals surface area contributed by atoms with Gasteiger partial charge >= 0.3 is 0 Å². The van der Waals surface area contributed by atoms with Gasteiger partial charge in [-0.05, 0) is 29.8 Å². The second-order valence-corrected chi connectivity index (χ2v) is 6.24. The molecule has 128 valence electrons. The SMILES string of the molecule is Cn1ccnc1[C@H](NC(=O)c1cccc(Cl)c1Cl)c1cccc(F)c1. The first-order valence-corrected chi connectivity index (χ1v) is 8.20. The number of aryl methyl sites for hydroxylation is 1. The van der Waals surface area contributed by atoms with Crippen molar-refractivity contribution in [2.24, 2.45) is 7.05 Å². The van der Waals surface area contributed by atoms with E-state index >= 15 is 0 Å². The summed E-state index contributed by atoms with van der Waals surface area (Å²) in [5, 5.41) is 3.31. The molecule has 1 atom stereocenters. The van der Waals surface area contributed by atoms with Crippen LogP contribution in [0.4, 0.5) is 4.39 Å². The number of hydrogen-bond acceptors (Lipinski definition) is 2. The molecule has 0 aliphatic carbocycles. The van der Waals surface area contributed by atoms with E-state index in [2.05, 4.69) is 10.3 Å². The lowest BCUT2D eigenvalue weighted by Gasteiger charge is -2.20. The molecule has 7 heteroatoms. The highest BCUT2D eigenvalue weighted by molar-refractivity contribution is 6.43. The summed E-state index contributed by atoms with van der Waals surface area (Å²) in [5.74, 6) is -0.256. The highest BCUT2D eigenvalue weighted by Gasteiger charge is 2.23. The third kappa shape index (κ3) is 3.67. The standard InChI is InChI=1S/C18H14Cl2FN3O/c1-24-9-8-22-17(24)16(11-4-2-5-12(21)10-11)23-18(25)13-6-3-7-14(19)15(13)20/h2-10,16H,1H3,(H,23,25)/t16-/m1/s1. The zero-order valence-corrected chi connectivity index (χ0v) is 14.7. The van der Waals surface area contributed by atoms with Crippen LogP contribution in [0.5, 0.6) is 0 Å². The van der Waals surface area contributed by atoms with Gasteiger partial charge < -0.3 is 9.88 Å². The van der Waals surface area contributed by atoms with E-state index in [-0.39, 0.29) is 15.6 Å². The maximum Gasteiger partial charge on any atom is 0.253 e. The predicted octanol–water partition coefficient (Wildman–Crippen LogP) is 4.39. The fourth-order valence-corrected chi connectivity index (χ4v) is 2.91. The largest absolute Gasteiger partial charge is 0.338 e. The molecule has 1 aromatic heterocycles. The van der Waals surface area contributed by atoms with Crippen molar-refractivity contribution in [2.75, 3.05) is 0 Å². The van der Waals surface area contributed by atoms with Crippen molar-refractivity contribution in [1.29, 1.82) is 0 Å². The molecule has 0 unspecified atom stereocenters. The number of hydrogen-bond donors (Lipinski definition) is 1. The summed E-state index contributed by atoms with van der Waals surface area (Å²) < 4.78 is 15.4. The Balaban J connectivity index is 2.00. The van der Waals surface area contributed by atoms with E-state index in [1.165, 1.54) is 12.1 Å². The van der Waals surface area contributed by atoms with Crippen LogP contribution >= 0.6 is 23.2 Å². The highest BCUT2D eigenvalue weighted by atomic mass is 35.5. The van der Waals surface area contributed by atoms with Gasteiger partial charge in [0, 0.05) is 19.4 Å². The van der Waals surface area contributed by atoms with E-state index in [9.17, 15) is 9.18 Å². The summed E-state index contributed by atoms with van der Waals surface area (Å²) in [5.41, 5.74) is 0.811. The smallest absolute Gasteiger partial charge is 0.253 e. The zero-order valence-electron chi connectivity index (χ0n) is 13.2. The molecule has 0 aliphatic rings. The van der Waals surface area contributed by atoms with Crippen LogP contribution in [-0.2, 0) is 7.05 Å². The topological polar surface area (TPSA) is 46.9 Å². The van der Waals surface area contributed by atoms with Gasteiger partial charge in [0.2, 0.25) is 0 Å². The van der Waals surface area contributed by atoms with E-state index in [0.717, 1.165) is 0 Å². The van der Waals surface area contributed by atoms with Gasteiger partial charge in [0.25, 0.3) is 5.91 Å². The van der Waals surface area contributed by atoms with Gasteiger partial charge in [-0.25, -0.2) is 9.37 Å². The lowest BCUT2D eigenvalue weighted by atomic mass is 10.0. The summed E-state index contributed by atoms with van der Waals surface area (Å²) >= 11 is 12.1. The number of nitrogens with zero attached hydrogens (tertiary/aromatic N) is 2. The van der Waals surface area contributed by atoms with Crippen LogP contribution in [0.1, 0.15) is 27.8 Å². The normalized spacial score (nSPS) is 12.0. The quantitative estimate of drug-likeness (QED) is 0.732. The van der Waals surface area contributed by atoms with Gasteiger partial charge in [-0.3, -0.25) is 4.79 Å². The van der Waals surface area contributed by atoms with Crippen molar-refractivity contribution in [1.82, 2.24) is 14.9 Å². The van der Waals surface area contributed by atoms with Crippen molar-refractivity contribution in [3.8, 4) is 0 Å². The van der Waals surface area contributed by atoms with Gasteiger partial charge in [-0.15, -0.1) is 0 Å². The van der Waals surface area contributed by atoms with E-state index in [1.54, 1.807) is 54.3 Å². The minimum atomic E-state index is -0.641. The maximum absolute atomic E-state index is 13.7. The molecule has 0 fully saturated rings. The minimum absolute atomic E-state index is 0.166. The second-order valence-electron chi connectivity index (χ2n) is 5.46. The third-order valence-corrected chi connectivity index (χ3v) is 4.59. The van der Waals surface area contributed by atoms with Gasteiger partial charge in [-0.1, -0.05) is 41.4 Å². The highest BCUT2D eigenvalue weighted by Crippen LogP contribution is 2.27. The zero-order chi connectivity index (χ0) is 18.0. The molecule has 0 aliphatic heterocycles. The van der Waals surface area contributed by atoms with Crippen LogP contribution in [0.25, 0.3) is 0 Å². The number of carbonyl (C=O) groups is 1. The molecule has 1 heterocycles. The first-order chi connectivity index (χ1) is 12.0. The molecule has 2 aromatic carbocycles. The number of aromatic nitrogens is 2. The molecule has 0 saturated carbocycles. The van der Waals surface area contributed by atoms with Crippen LogP contribution in [0.3, 0.4) is 0 Å². The van der Waals surface area contributed by atoms with Crippen molar-refractivity contribution in [3.05, 3.63) is 87.7 Å². The lowest BCUT2D eigenvalue weighted by Crippen LogP contribution is -2.31. The summed E-state index contributed by atoms with van der Waals surface area (Å²) in [7, 11) is 1.80. The summed E-state index contributed by atoms with van der Waals surface area (Å²) in [6, 6.07) is 10.2. The lowest BCUT2D eigenvalue weighted by molar-refractivity contribution is 0.0941. The molecule has 0 spiro atoms. The molecule has 25 heavy (non-hydrogen) atoms. The average Bonchev–Trinajstić information content (AvgIpc) is 3.00. The fraction of sp³-hybridized carbons (Fsp3) is 0.111. The second kappa shape index (κ2) is 7.25. The number of halogens is 3. The molecule has 4 nitrogen and oxygen atoms in total. The fourth-order valence-electron chi connectivity index (χ4n) is 2.53. The third-order valence-electron chi connectivity index (χ3n) is 3.77. The van der Waals surface area contributed by atoms with Crippen molar-refractivity contribution in [3.63, 3.8) is 0 Å². The van der Waals surface area contributed by atoms with Gasteiger partial charge in [-0.2, -0.15) is 0 Å². The van der Waals surface area contributed by atoms with Crippen LogP contribution in [-0.4, -0.2) is 15.5 Å². The molecule has 0 radical (unpaired) electrons. The molecule has 3 aromatic rings. The molecule has 0 saturated heterocycles. The van der Waals surface area contributed by atoms with Crippen molar-refractivity contribution >= 4 is 29.1 Å². The number of imidazole rings is 1. The van der Waals surface area contributed by atoms with Crippen molar-refractivity contribution in [2.45, 2.75) is 6.04 Å². The van der Waals surface area contributed by atoms with Gasteiger partial charge in [0.1, 0.15) is 17.7 Å². The molecule has 0 bridgehead atoms. The van der Waals surface area contributed by atoms with Crippen molar-refractivity contribution < 1.29 is 9.18 Å². The first-order valence-electron chi connectivity index (χ1n) is 7.45. The Morgan fingerprint density at radius 3 is 2.68 bits per heavy atom. The average molecular weight is 378 g/mol. The van der Waals surface area contributed by atoms with Gasteiger partial charge in [0.15, 0.2) is 0 Å². The van der Waals surface area contributed by atoms with Crippen LogP contribution < -0.4 is 5.32 Å². The Kier molecular flexibility index (Phi) is 5.06. The predicted molar refractivity (Wildman–Crippen MR) is 95.4 cm³/mol. The minimum Gasteiger partial charge on any atom is -0.338 e. The summed E-state index contributed by atoms with van der Waals surface area (Å²) in [6.07, 6.45) is 3.36. The van der Waals surface area contributed by atoms with Crippen LogP contribution in [0.15, 0.2) is 54.9 Å². The first kappa shape index (κ1) is 17.5. The summed E-state index contributed by atoms with van der Waals surface area (Å²) in [4.78, 5) is 17.0. The van der Waals surface area contributed by atoms with Crippen LogP contribution in [0, 0.1) is 5.82 Å². The Morgan fingerprint density at radius 1 is 1.24 bits per heavy atom. The van der Waals surface area contributed by atoms with Gasteiger partial charge in [0.05, 0.1) is 15.6 Å². The Labute approximate surface area is 154 Å². The van der Waals surface area contributed by atoms with Crippen LogP contribution in [0.2, 0.25) is 10.0 Å². The Hall–Kier alpha value is -2.37. The number of carbonyl (C=O) groups excluding carboxylic acids is 1.